The second-order valence-corrected chi connectivity index (χ2v) is 10.6. The van der Waals surface area contributed by atoms with Gasteiger partial charge in [0.25, 0.3) is 5.56 Å². The number of nitrogens with zero attached hydrogens (tertiary/aromatic N) is 3. The molecule has 164 valence electrons. The number of Topliss-reactive ketones (excluding diaryl/α,β-unsaturated/α-hetero) is 1. The van der Waals surface area contributed by atoms with E-state index in [0.29, 0.717) is 35.3 Å². The summed E-state index contributed by atoms with van der Waals surface area (Å²) in [6, 6.07) is 8.86. The molecule has 0 unspecified atom stereocenters. The lowest BCUT2D eigenvalue weighted by Crippen LogP contribution is -2.28. The molecule has 9 heteroatoms. The molecule has 1 aliphatic heterocycles. The number of carbonyl (C=O) groups excluding carboxylic acids is 1. The molecule has 3 heterocycles. The van der Waals surface area contributed by atoms with Gasteiger partial charge in [0.05, 0.1) is 35.5 Å². The Balaban J connectivity index is 1.50. The lowest BCUT2D eigenvalue weighted by atomic mass is 10.1. The summed E-state index contributed by atoms with van der Waals surface area (Å²) in [4.78, 5) is 34.3. The van der Waals surface area contributed by atoms with Crippen LogP contribution in [0.2, 0.25) is 0 Å². The average molecular weight is 443 g/mol. The second kappa shape index (κ2) is 8.05. The first kappa shape index (κ1) is 21.5. The number of aromatic nitrogens is 3. The fourth-order valence-electron chi connectivity index (χ4n) is 4.45. The van der Waals surface area contributed by atoms with Crippen molar-refractivity contribution in [1.29, 1.82) is 0 Å². The van der Waals surface area contributed by atoms with Crippen LogP contribution in [0.3, 0.4) is 0 Å². The minimum absolute atomic E-state index is 0.0501. The highest BCUT2D eigenvalue weighted by molar-refractivity contribution is 7.91. The maximum atomic E-state index is 13.0. The fraction of sp³-hybridized carbons (Fsp3) is 0.409. The largest absolute Gasteiger partial charge is 0.344 e. The van der Waals surface area contributed by atoms with Crippen molar-refractivity contribution in [1.82, 2.24) is 19.4 Å². The Morgan fingerprint density at radius 2 is 2.03 bits per heavy atom. The van der Waals surface area contributed by atoms with Crippen LogP contribution < -0.4 is 5.56 Å². The first-order valence-electron chi connectivity index (χ1n) is 10.2. The Morgan fingerprint density at radius 3 is 2.74 bits per heavy atom. The topological polar surface area (TPSA) is 105 Å². The number of benzene rings is 1. The zero-order chi connectivity index (χ0) is 22.3. The van der Waals surface area contributed by atoms with Crippen molar-refractivity contribution in [3.8, 4) is 0 Å². The van der Waals surface area contributed by atoms with Crippen LogP contribution in [0.1, 0.15) is 40.0 Å². The fourth-order valence-corrected chi connectivity index (χ4v) is 6.15. The van der Waals surface area contributed by atoms with Gasteiger partial charge in [0.1, 0.15) is 5.82 Å². The molecule has 3 aromatic rings. The number of sulfone groups is 1. The first-order valence-corrected chi connectivity index (χ1v) is 12.1. The molecule has 31 heavy (non-hydrogen) atoms. The van der Waals surface area contributed by atoms with Gasteiger partial charge < -0.3 is 9.55 Å². The van der Waals surface area contributed by atoms with E-state index in [9.17, 15) is 18.0 Å². The van der Waals surface area contributed by atoms with E-state index in [2.05, 4.69) is 9.97 Å². The molecule has 1 saturated heterocycles. The zero-order valence-corrected chi connectivity index (χ0v) is 18.7. The van der Waals surface area contributed by atoms with Crippen LogP contribution in [0.15, 0.2) is 35.1 Å². The first-order chi connectivity index (χ1) is 14.6. The van der Waals surface area contributed by atoms with Gasteiger partial charge in [0.15, 0.2) is 15.6 Å². The van der Waals surface area contributed by atoms with E-state index in [0.717, 1.165) is 11.4 Å². The third-order valence-corrected chi connectivity index (χ3v) is 7.60. The third kappa shape index (κ3) is 4.33. The van der Waals surface area contributed by atoms with E-state index < -0.39 is 9.84 Å². The highest BCUT2D eigenvalue weighted by atomic mass is 32.2. The number of ketones is 1. The molecule has 0 spiro atoms. The van der Waals surface area contributed by atoms with Crippen LogP contribution in [0.25, 0.3) is 10.9 Å². The number of carbonyl (C=O) groups is 1. The summed E-state index contributed by atoms with van der Waals surface area (Å²) in [5, 5.41) is 0.534. The van der Waals surface area contributed by atoms with E-state index in [4.69, 9.17) is 0 Å². The van der Waals surface area contributed by atoms with Gasteiger partial charge in [-0.25, -0.2) is 13.4 Å². The summed E-state index contributed by atoms with van der Waals surface area (Å²) in [6.45, 7) is 4.25. The Hall–Kier alpha value is -2.78. The predicted octanol–water partition coefficient (Wildman–Crippen LogP) is 2.02. The minimum atomic E-state index is -3.01. The Labute approximate surface area is 180 Å². The summed E-state index contributed by atoms with van der Waals surface area (Å²) >= 11 is 0. The number of hydrogen-bond acceptors (Lipinski definition) is 6. The van der Waals surface area contributed by atoms with E-state index >= 15 is 0 Å². The molecule has 1 atom stereocenters. The van der Waals surface area contributed by atoms with E-state index in [1.807, 2.05) is 35.4 Å². The second-order valence-electron chi connectivity index (χ2n) is 8.34. The van der Waals surface area contributed by atoms with Crippen molar-refractivity contribution in [2.75, 3.05) is 25.1 Å². The normalized spacial score (nSPS) is 18.1. The lowest BCUT2D eigenvalue weighted by molar-refractivity contribution is 0.0941. The van der Waals surface area contributed by atoms with Crippen molar-refractivity contribution in [2.24, 2.45) is 0 Å². The molecule has 0 bridgehead atoms. The molecule has 1 aromatic carbocycles. The molecular formula is C22H26N4O4S. The molecule has 0 aliphatic carbocycles. The molecule has 0 amide bonds. The molecule has 8 nitrogen and oxygen atoms in total. The maximum Gasteiger partial charge on any atom is 0.258 e. The van der Waals surface area contributed by atoms with E-state index in [1.54, 1.807) is 25.2 Å². The predicted molar refractivity (Wildman–Crippen MR) is 119 cm³/mol. The van der Waals surface area contributed by atoms with Gasteiger partial charge >= 0.3 is 0 Å². The van der Waals surface area contributed by atoms with Crippen molar-refractivity contribution < 1.29 is 13.2 Å². The molecule has 4 rings (SSSR count). The van der Waals surface area contributed by atoms with Crippen LogP contribution in [0, 0.1) is 13.8 Å². The number of para-hydroxylation sites is 1. The molecule has 1 fully saturated rings. The summed E-state index contributed by atoms with van der Waals surface area (Å²) in [5.74, 6) is 0.766. The van der Waals surface area contributed by atoms with Gasteiger partial charge in [-0.2, -0.15) is 0 Å². The van der Waals surface area contributed by atoms with Crippen LogP contribution in [-0.4, -0.2) is 58.7 Å². The highest BCUT2D eigenvalue weighted by Gasteiger charge is 2.31. The van der Waals surface area contributed by atoms with Gasteiger partial charge in [-0.3, -0.25) is 14.5 Å². The lowest BCUT2D eigenvalue weighted by Gasteiger charge is -2.17. The Bertz CT molecular complexity index is 1320. The zero-order valence-electron chi connectivity index (χ0n) is 17.9. The van der Waals surface area contributed by atoms with Crippen LogP contribution in [0.5, 0.6) is 0 Å². The van der Waals surface area contributed by atoms with Crippen molar-refractivity contribution in [2.45, 2.75) is 32.9 Å². The minimum Gasteiger partial charge on any atom is -0.344 e. The SMILES string of the molecule is Cc1cc(C(=O)CN(C)Cc2nc3ccccc3c(=O)[nH]2)c(C)n1[C@H]1CCS(=O)(=O)C1. The molecule has 0 saturated carbocycles. The summed E-state index contributed by atoms with van der Waals surface area (Å²) < 4.78 is 25.8. The molecule has 1 N–H and O–H groups in total. The van der Waals surface area contributed by atoms with Crippen molar-refractivity contribution in [3.05, 3.63) is 63.5 Å². The van der Waals surface area contributed by atoms with Crippen LogP contribution in [-0.2, 0) is 16.4 Å². The monoisotopic (exact) mass is 442 g/mol. The van der Waals surface area contributed by atoms with E-state index in [1.165, 1.54) is 0 Å². The molecular weight excluding hydrogens is 416 g/mol. The quantitative estimate of drug-likeness (QED) is 0.586. The summed E-state index contributed by atoms with van der Waals surface area (Å²) in [6.07, 6.45) is 0.577. The number of fused-ring (bicyclic) bond motifs is 1. The number of rotatable bonds is 6. The number of likely N-dealkylation sites (N-methyl/N-ethyl adjacent to an activating group) is 1. The Morgan fingerprint density at radius 1 is 1.29 bits per heavy atom. The summed E-state index contributed by atoms with van der Waals surface area (Å²) in [5.41, 5.74) is 2.72. The molecule has 2 aromatic heterocycles. The number of nitrogens with one attached hydrogen (secondary N) is 1. The van der Waals surface area contributed by atoms with Crippen molar-refractivity contribution in [3.63, 3.8) is 0 Å². The van der Waals surface area contributed by atoms with E-state index in [-0.39, 0.29) is 35.4 Å². The van der Waals surface area contributed by atoms with Gasteiger partial charge in [0, 0.05) is 23.0 Å². The van der Waals surface area contributed by atoms with Gasteiger partial charge in [-0.05, 0) is 45.5 Å². The molecule has 0 radical (unpaired) electrons. The number of aryl methyl sites for hydroxylation is 1. The van der Waals surface area contributed by atoms with Gasteiger partial charge in [0.2, 0.25) is 0 Å². The van der Waals surface area contributed by atoms with Gasteiger partial charge in [-0.15, -0.1) is 0 Å². The number of hydrogen-bond donors (Lipinski definition) is 1. The Kier molecular flexibility index (Phi) is 5.57. The standard InChI is InChI=1S/C22H26N4O4S/c1-14-10-18(15(2)26(14)16-8-9-31(29,30)13-16)20(27)11-25(3)12-21-23-19-7-5-4-6-17(19)22(28)24-21/h4-7,10,16H,8-9,11-13H2,1-3H3,(H,23,24,28)/t16-/m0/s1. The van der Waals surface area contributed by atoms with Crippen LogP contribution in [0.4, 0.5) is 0 Å². The van der Waals surface area contributed by atoms with Crippen molar-refractivity contribution >= 4 is 26.5 Å². The number of aromatic amines is 1. The molecule has 1 aliphatic rings. The third-order valence-electron chi connectivity index (χ3n) is 5.85. The smallest absolute Gasteiger partial charge is 0.258 e. The van der Waals surface area contributed by atoms with Crippen LogP contribution >= 0.6 is 0 Å². The summed E-state index contributed by atoms with van der Waals surface area (Å²) in [7, 11) is -1.21. The number of H-pyrrole nitrogens is 1. The van der Waals surface area contributed by atoms with Gasteiger partial charge in [-0.1, -0.05) is 12.1 Å². The maximum absolute atomic E-state index is 13.0. The highest BCUT2D eigenvalue weighted by Crippen LogP contribution is 2.29. The average Bonchev–Trinajstić information content (AvgIpc) is 3.19.